The predicted octanol–water partition coefficient (Wildman–Crippen LogP) is 1.57. The first-order chi connectivity index (χ1) is 7.38. The second-order valence-corrected chi connectivity index (χ2v) is 4.29. The van der Waals surface area contributed by atoms with Gasteiger partial charge in [-0.3, -0.25) is 0 Å². The molecule has 0 aromatic heterocycles. The largest absolute Gasteiger partial charge is 0.328 e. The highest BCUT2D eigenvalue weighted by Gasteiger charge is 2.24. The summed E-state index contributed by atoms with van der Waals surface area (Å²) >= 11 is 0. The second kappa shape index (κ2) is 4.28. The van der Waals surface area contributed by atoms with Gasteiger partial charge in [-0.05, 0) is 37.5 Å². The van der Waals surface area contributed by atoms with Gasteiger partial charge in [-0.25, -0.2) is 0 Å². The van der Waals surface area contributed by atoms with Gasteiger partial charge in [0.15, 0.2) is 0 Å². The highest BCUT2D eigenvalue weighted by Crippen LogP contribution is 2.32. The Labute approximate surface area is 88.9 Å². The van der Waals surface area contributed by atoms with Crippen LogP contribution in [0.15, 0.2) is 24.3 Å². The summed E-state index contributed by atoms with van der Waals surface area (Å²) < 4.78 is 15.4. The Morgan fingerprint density at radius 1 is 0.929 bits per heavy atom. The molecule has 2 aliphatic rings. The van der Waals surface area contributed by atoms with Gasteiger partial charge in [0.05, 0.1) is 1.37 Å². The third kappa shape index (κ3) is 2.25. The van der Waals surface area contributed by atoms with E-state index < -0.39 is 12.0 Å². The van der Waals surface area contributed by atoms with Gasteiger partial charge in [0.1, 0.15) is 0 Å². The van der Waals surface area contributed by atoms with E-state index in [0.29, 0.717) is 11.8 Å². The van der Waals surface area contributed by atoms with Crippen molar-refractivity contribution in [3.63, 3.8) is 0 Å². The topological polar surface area (TPSA) is 52.0 Å². The molecule has 0 radical (unpaired) electrons. The average molecular weight is 194 g/mol. The zero-order valence-corrected chi connectivity index (χ0v) is 8.45. The lowest BCUT2D eigenvalue weighted by molar-refractivity contribution is 0.291. The van der Waals surface area contributed by atoms with E-state index in [2.05, 4.69) is 0 Å². The van der Waals surface area contributed by atoms with Crippen molar-refractivity contribution in [1.29, 1.82) is 0 Å². The lowest BCUT2D eigenvalue weighted by Gasteiger charge is -2.30. The van der Waals surface area contributed by atoms with Gasteiger partial charge in [0.2, 0.25) is 0 Å². The molecule has 4 N–H and O–H groups in total. The minimum absolute atomic E-state index is 0.373. The SMILES string of the molecule is [2H]C1(N)C=CC(C2CCC([2H])(N)CC2)C=C1. The molecule has 0 spiro atoms. The lowest BCUT2D eigenvalue weighted by atomic mass is 9.77. The maximum Gasteiger partial charge on any atom is 0.0553 e. The van der Waals surface area contributed by atoms with Crippen molar-refractivity contribution >= 4 is 0 Å². The summed E-state index contributed by atoms with van der Waals surface area (Å²) in [7, 11) is 0. The maximum absolute atomic E-state index is 7.78. The van der Waals surface area contributed by atoms with Crippen LogP contribution in [0.1, 0.15) is 28.4 Å². The third-order valence-electron chi connectivity index (χ3n) is 3.24. The lowest BCUT2D eigenvalue weighted by Crippen LogP contribution is -2.29. The van der Waals surface area contributed by atoms with Crippen LogP contribution in [0.25, 0.3) is 0 Å². The molecular formula is C12H20N2. The average Bonchev–Trinajstić information content (AvgIpc) is 2.19. The van der Waals surface area contributed by atoms with Gasteiger partial charge in [0, 0.05) is 13.4 Å². The number of allylic oxidation sites excluding steroid dienone is 2. The fourth-order valence-corrected chi connectivity index (χ4v) is 2.27. The van der Waals surface area contributed by atoms with Crippen LogP contribution < -0.4 is 11.5 Å². The van der Waals surface area contributed by atoms with E-state index in [1.54, 1.807) is 12.2 Å². The van der Waals surface area contributed by atoms with Crippen LogP contribution in [0, 0.1) is 11.8 Å². The number of nitrogens with two attached hydrogens (primary N) is 2. The quantitative estimate of drug-likeness (QED) is 0.623. The van der Waals surface area contributed by atoms with Crippen LogP contribution in [0.5, 0.6) is 0 Å². The first-order valence-electron chi connectivity index (χ1n) is 6.34. The van der Waals surface area contributed by atoms with Gasteiger partial charge >= 0.3 is 0 Å². The summed E-state index contributed by atoms with van der Waals surface area (Å²) in [5.41, 5.74) is 11.4. The van der Waals surface area contributed by atoms with E-state index in [4.69, 9.17) is 14.2 Å². The predicted molar refractivity (Wildman–Crippen MR) is 59.7 cm³/mol. The Bertz CT molecular complexity index is 295. The molecule has 2 aliphatic carbocycles. The Morgan fingerprint density at radius 3 is 2.07 bits per heavy atom. The molecule has 0 bridgehead atoms. The molecule has 0 heterocycles. The van der Waals surface area contributed by atoms with Crippen LogP contribution in [0.2, 0.25) is 0 Å². The van der Waals surface area contributed by atoms with Crippen LogP contribution >= 0.6 is 0 Å². The summed E-state index contributed by atoms with van der Waals surface area (Å²) in [6.07, 6.45) is 11.1. The molecule has 0 saturated heterocycles. The molecule has 0 aliphatic heterocycles. The van der Waals surface area contributed by atoms with Crippen LogP contribution in [-0.2, 0) is 0 Å². The molecule has 0 amide bonds. The summed E-state index contributed by atoms with van der Waals surface area (Å²) in [5.74, 6) is 0.934. The molecule has 1 saturated carbocycles. The van der Waals surface area contributed by atoms with Crippen LogP contribution in [-0.4, -0.2) is 12.0 Å². The summed E-state index contributed by atoms with van der Waals surface area (Å²) in [6.45, 7) is 0. The minimum Gasteiger partial charge on any atom is -0.328 e. The minimum atomic E-state index is -1.03. The first kappa shape index (κ1) is 7.66. The van der Waals surface area contributed by atoms with E-state index in [9.17, 15) is 0 Å². The van der Waals surface area contributed by atoms with E-state index in [0.717, 1.165) is 25.7 Å². The molecule has 2 nitrogen and oxygen atoms in total. The monoisotopic (exact) mass is 194 g/mol. The third-order valence-corrected chi connectivity index (χ3v) is 3.24. The van der Waals surface area contributed by atoms with Crippen LogP contribution in [0.4, 0.5) is 0 Å². The molecule has 2 rings (SSSR count). The highest BCUT2D eigenvalue weighted by atomic mass is 14.6. The van der Waals surface area contributed by atoms with Gasteiger partial charge in [-0.2, -0.15) is 0 Å². The molecular weight excluding hydrogens is 172 g/mol. The van der Waals surface area contributed by atoms with Gasteiger partial charge in [-0.1, -0.05) is 24.3 Å². The Morgan fingerprint density at radius 2 is 1.50 bits per heavy atom. The Hall–Kier alpha value is -0.600. The van der Waals surface area contributed by atoms with E-state index in [-0.39, 0.29) is 0 Å². The van der Waals surface area contributed by atoms with Crippen molar-refractivity contribution in [3.8, 4) is 0 Å². The van der Waals surface area contributed by atoms with Crippen molar-refractivity contribution in [1.82, 2.24) is 0 Å². The van der Waals surface area contributed by atoms with Crippen molar-refractivity contribution < 1.29 is 2.74 Å². The molecule has 0 aromatic rings. The van der Waals surface area contributed by atoms with Crippen molar-refractivity contribution in [3.05, 3.63) is 24.3 Å². The molecule has 0 aromatic carbocycles. The van der Waals surface area contributed by atoms with Crippen molar-refractivity contribution in [2.24, 2.45) is 23.3 Å². The van der Waals surface area contributed by atoms with Crippen molar-refractivity contribution in [2.45, 2.75) is 37.7 Å². The molecule has 0 atom stereocenters. The normalized spacial score (nSPS) is 55.3. The molecule has 14 heavy (non-hydrogen) atoms. The van der Waals surface area contributed by atoms with Crippen molar-refractivity contribution in [2.75, 3.05) is 0 Å². The zero-order chi connectivity index (χ0) is 11.8. The number of rotatable bonds is 1. The van der Waals surface area contributed by atoms with E-state index >= 15 is 0 Å². The number of hydrogen-bond donors (Lipinski definition) is 2. The smallest absolute Gasteiger partial charge is 0.0553 e. The summed E-state index contributed by atoms with van der Waals surface area (Å²) in [5, 5.41) is 0. The van der Waals surface area contributed by atoms with E-state index in [1.165, 1.54) is 0 Å². The fourth-order valence-electron chi connectivity index (χ4n) is 2.27. The molecule has 78 valence electrons. The maximum atomic E-state index is 7.78. The van der Waals surface area contributed by atoms with Crippen LogP contribution in [0.3, 0.4) is 0 Å². The van der Waals surface area contributed by atoms with E-state index in [1.807, 2.05) is 12.2 Å². The molecule has 2 heteroatoms. The van der Waals surface area contributed by atoms with Gasteiger partial charge < -0.3 is 11.5 Å². The molecule has 0 unspecified atom stereocenters. The second-order valence-electron chi connectivity index (χ2n) is 4.29. The zero-order valence-electron chi connectivity index (χ0n) is 10.4. The summed E-state index contributed by atoms with van der Waals surface area (Å²) in [4.78, 5) is 0. The summed E-state index contributed by atoms with van der Waals surface area (Å²) in [6, 6.07) is -1.75. The Balaban J connectivity index is 1.94. The number of hydrogen-bond acceptors (Lipinski definition) is 2. The molecule has 1 fully saturated rings. The van der Waals surface area contributed by atoms with Gasteiger partial charge in [-0.15, -0.1) is 0 Å². The van der Waals surface area contributed by atoms with Gasteiger partial charge in [0.25, 0.3) is 0 Å². The first-order valence-corrected chi connectivity index (χ1v) is 5.34. The highest BCUT2D eigenvalue weighted by molar-refractivity contribution is 5.17. The Kier molecular flexibility index (Phi) is 2.34. The standard InChI is InChI=1S/C12H20N2/c13-11-5-1-9(2-6-11)10-3-7-12(14)8-4-10/h1-2,5-6,9-12H,3-4,7-8,13-14H2/i11D,12D. The fraction of sp³-hybridized carbons (Fsp3) is 0.667.